The van der Waals surface area contributed by atoms with E-state index in [9.17, 15) is 4.79 Å². The van der Waals surface area contributed by atoms with Crippen LogP contribution in [0.15, 0.2) is 42.5 Å². The van der Waals surface area contributed by atoms with Crippen molar-refractivity contribution in [3.63, 3.8) is 0 Å². The lowest BCUT2D eigenvalue weighted by atomic mass is 10.2. The van der Waals surface area contributed by atoms with Crippen molar-refractivity contribution in [3.8, 4) is 11.5 Å². The van der Waals surface area contributed by atoms with Crippen molar-refractivity contribution >= 4 is 45.1 Å². The van der Waals surface area contributed by atoms with Crippen LogP contribution >= 0.6 is 22.9 Å². The number of hydrogen-bond donors (Lipinski definition) is 1. The maximum Gasteiger partial charge on any atom is 0.244 e. The smallest absolute Gasteiger partial charge is 0.244 e. The fourth-order valence-electron chi connectivity index (χ4n) is 2.42. The Labute approximate surface area is 160 Å². The maximum atomic E-state index is 12.1. The highest BCUT2D eigenvalue weighted by molar-refractivity contribution is 7.18. The number of ether oxygens (including phenoxy) is 2. The molecule has 134 valence electrons. The Balaban J connectivity index is 1.65. The first-order chi connectivity index (χ1) is 12.6. The zero-order valence-electron chi connectivity index (χ0n) is 14.3. The zero-order chi connectivity index (χ0) is 18.5. The van der Waals surface area contributed by atoms with E-state index in [1.165, 1.54) is 20.3 Å². The average molecular weight is 389 g/mol. The molecule has 1 aromatic heterocycles. The van der Waals surface area contributed by atoms with Gasteiger partial charge in [-0.1, -0.05) is 23.7 Å². The van der Waals surface area contributed by atoms with E-state index in [4.69, 9.17) is 21.1 Å². The van der Waals surface area contributed by atoms with Gasteiger partial charge < -0.3 is 14.8 Å². The minimum absolute atomic E-state index is 0.213. The standard InChI is InChI=1S/C19H17ClN2O3S/c1-24-15-10-12(9-13(20)19(15)25-2)7-8-17(23)21-11-18-22-14-5-3-4-6-16(14)26-18/h3-10H,11H2,1-2H3,(H,21,23)/b8-7+. The molecule has 7 heteroatoms. The van der Waals surface area contributed by atoms with Crippen molar-refractivity contribution in [2.24, 2.45) is 0 Å². The summed E-state index contributed by atoms with van der Waals surface area (Å²) in [5.41, 5.74) is 1.68. The summed E-state index contributed by atoms with van der Waals surface area (Å²) in [6.45, 7) is 0.384. The Hall–Kier alpha value is -2.57. The molecule has 5 nitrogen and oxygen atoms in total. The second kappa shape index (κ2) is 8.21. The number of para-hydroxylation sites is 1. The second-order valence-corrected chi connectivity index (χ2v) is 6.89. The van der Waals surface area contributed by atoms with Crippen LogP contribution in [0.25, 0.3) is 16.3 Å². The van der Waals surface area contributed by atoms with Crippen LogP contribution in [-0.2, 0) is 11.3 Å². The first-order valence-electron chi connectivity index (χ1n) is 7.82. The molecule has 0 aliphatic carbocycles. The molecule has 0 radical (unpaired) electrons. The van der Waals surface area contributed by atoms with E-state index in [0.29, 0.717) is 23.1 Å². The average Bonchev–Trinajstić information content (AvgIpc) is 3.07. The van der Waals surface area contributed by atoms with Gasteiger partial charge in [0.2, 0.25) is 5.91 Å². The summed E-state index contributed by atoms with van der Waals surface area (Å²) in [6.07, 6.45) is 3.12. The molecular weight excluding hydrogens is 372 g/mol. The minimum Gasteiger partial charge on any atom is -0.493 e. The summed E-state index contributed by atoms with van der Waals surface area (Å²) in [6, 6.07) is 11.3. The van der Waals surface area contributed by atoms with Crippen LogP contribution in [0.5, 0.6) is 11.5 Å². The molecule has 26 heavy (non-hydrogen) atoms. The molecule has 1 amide bonds. The molecule has 3 rings (SSSR count). The summed E-state index contributed by atoms with van der Waals surface area (Å²) >= 11 is 7.73. The summed E-state index contributed by atoms with van der Waals surface area (Å²) in [5, 5.41) is 4.11. The normalized spacial score (nSPS) is 11.0. The summed E-state index contributed by atoms with van der Waals surface area (Å²) in [7, 11) is 3.06. The van der Waals surface area contributed by atoms with E-state index in [-0.39, 0.29) is 5.91 Å². The molecule has 1 heterocycles. The first-order valence-corrected chi connectivity index (χ1v) is 9.02. The second-order valence-electron chi connectivity index (χ2n) is 5.36. The van der Waals surface area contributed by atoms with Gasteiger partial charge in [0.1, 0.15) is 5.01 Å². The van der Waals surface area contributed by atoms with E-state index < -0.39 is 0 Å². The summed E-state index contributed by atoms with van der Waals surface area (Å²) in [5.74, 6) is 0.760. The quantitative estimate of drug-likeness (QED) is 0.640. The number of halogens is 1. The Bertz CT molecular complexity index is 936. The third kappa shape index (κ3) is 4.15. The number of amides is 1. The molecule has 0 bridgehead atoms. The van der Waals surface area contributed by atoms with Crippen molar-refractivity contribution in [1.29, 1.82) is 0 Å². The Kier molecular flexibility index (Phi) is 5.75. The Morgan fingerprint density at radius 2 is 2.08 bits per heavy atom. The fourth-order valence-corrected chi connectivity index (χ4v) is 3.63. The molecule has 0 aliphatic heterocycles. The highest BCUT2D eigenvalue weighted by Gasteiger charge is 2.10. The largest absolute Gasteiger partial charge is 0.493 e. The molecule has 0 aliphatic rings. The summed E-state index contributed by atoms with van der Waals surface area (Å²) in [4.78, 5) is 16.5. The fraction of sp³-hybridized carbons (Fsp3) is 0.158. The molecule has 0 saturated heterocycles. The number of aromatic nitrogens is 1. The van der Waals surface area contributed by atoms with Crippen LogP contribution in [0.4, 0.5) is 0 Å². The zero-order valence-corrected chi connectivity index (χ0v) is 15.9. The lowest BCUT2D eigenvalue weighted by Gasteiger charge is -2.10. The predicted molar refractivity (Wildman–Crippen MR) is 105 cm³/mol. The van der Waals surface area contributed by atoms with Crippen LogP contribution in [-0.4, -0.2) is 25.1 Å². The monoisotopic (exact) mass is 388 g/mol. The molecule has 0 saturated carbocycles. The lowest BCUT2D eigenvalue weighted by molar-refractivity contribution is -0.116. The molecule has 1 N–H and O–H groups in total. The van der Waals surface area contributed by atoms with Crippen LogP contribution in [0.3, 0.4) is 0 Å². The van der Waals surface area contributed by atoms with Gasteiger partial charge in [-0.25, -0.2) is 4.98 Å². The van der Waals surface area contributed by atoms with Gasteiger partial charge in [-0.2, -0.15) is 0 Å². The molecule has 0 fully saturated rings. The van der Waals surface area contributed by atoms with Gasteiger partial charge in [0.25, 0.3) is 0 Å². The predicted octanol–water partition coefficient (Wildman–Crippen LogP) is 4.30. The van der Waals surface area contributed by atoms with Gasteiger partial charge in [-0.15, -0.1) is 11.3 Å². The lowest BCUT2D eigenvalue weighted by Crippen LogP contribution is -2.20. The maximum absolute atomic E-state index is 12.1. The van der Waals surface area contributed by atoms with E-state index >= 15 is 0 Å². The van der Waals surface area contributed by atoms with Gasteiger partial charge in [0, 0.05) is 6.08 Å². The van der Waals surface area contributed by atoms with E-state index in [2.05, 4.69) is 10.3 Å². The van der Waals surface area contributed by atoms with Crippen molar-refractivity contribution in [2.45, 2.75) is 6.54 Å². The van der Waals surface area contributed by atoms with E-state index in [1.54, 1.807) is 29.5 Å². The molecule has 0 unspecified atom stereocenters. The van der Waals surface area contributed by atoms with Gasteiger partial charge in [0.05, 0.1) is 36.0 Å². The van der Waals surface area contributed by atoms with Gasteiger partial charge in [-0.05, 0) is 35.9 Å². The van der Waals surface area contributed by atoms with Gasteiger partial charge in [-0.3, -0.25) is 4.79 Å². The number of methoxy groups -OCH3 is 2. The molecule has 3 aromatic rings. The number of thiazole rings is 1. The van der Waals surface area contributed by atoms with Crippen LogP contribution in [0, 0.1) is 0 Å². The molecule has 0 spiro atoms. The summed E-state index contributed by atoms with van der Waals surface area (Å²) < 4.78 is 11.5. The molecule has 2 aromatic carbocycles. The number of carbonyl (C=O) groups excluding carboxylic acids is 1. The first kappa shape index (κ1) is 18.2. The minimum atomic E-state index is -0.213. The highest BCUT2D eigenvalue weighted by Crippen LogP contribution is 2.36. The van der Waals surface area contributed by atoms with Gasteiger partial charge in [0.15, 0.2) is 11.5 Å². The third-order valence-electron chi connectivity index (χ3n) is 3.64. The SMILES string of the molecule is COc1cc(/C=C/C(=O)NCc2nc3ccccc3s2)cc(Cl)c1OC. The van der Waals surface area contributed by atoms with Crippen molar-refractivity contribution in [3.05, 3.63) is 58.1 Å². The van der Waals surface area contributed by atoms with E-state index in [1.807, 2.05) is 24.3 Å². The number of benzene rings is 2. The number of hydrogen-bond acceptors (Lipinski definition) is 5. The number of nitrogens with zero attached hydrogens (tertiary/aromatic N) is 1. The van der Waals surface area contributed by atoms with E-state index in [0.717, 1.165) is 20.8 Å². The van der Waals surface area contributed by atoms with Crippen molar-refractivity contribution in [1.82, 2.24) is 10.3 Å². The van der Waals surface area contributed by atoms with Crippen molar-refractivity contribution in [2.75, 3.05) is 14.2 Å². The number of rotatable bonds is 6. The number of nitrogens with one attached hydrogen (secondary N) is 1. The van der Waals surface area contributed by atoms with Crippen LogP contribution < -0.4 is 14.8 Å². The topological polar surface area (TPSA) is 60.5 Å². The molecular formula is C19H17ClN2O3S. The van der Waals surface area contributed by atoms with Crippen molar-refractivity contribution < 1.29 is 14.3 Å². The highest BCUT2D eigenvalue weighted by atomic mass is 35.5. The van der Waals surface area contributed by atoms with Gasteiger partial charge >= 0.3 is 0 Å². The number of fused-ring (bicyclic) bond motifs is 1. The molecule has 0 atom stereocenters. The van der Waals surface area contributed by atoms with Crippen LogP contribution in [0.1, 0.15) is 10.6 Å². The Morgan fingerprint density at radius 1 is 1.27 bits per heavy atom. The third-order valence-corrected chi connectivity index (χ3v) is 4.95. The van der Waals surface area contributed by atoms with Crippen LogP contribution in [0.2, 0.25) is 5.02 Å². The number of carbonyl (C=O) groups is 1. The Morgan fingerprint density at radius 3 is 2.81 bits per heavy atom.